The maximum Gasteiger partial charge on any atom is 0.0585 e. The molecule has 0 rings (SSSR count). The molecule has 92 valence electrons. The topological polar surface area (TPSA) is 35.5 Å². The van der Waals surface area contributed by atoms with Gasteiger partial charge in [0.2, 0.25) is 0 Å². The number of aliphatic hydroxyl groups excluding tert-OH is 1. The zero-order valence-corrected chi connectivity index (χ0v) is 11.0. The van der Waals surface area contributed by atoms with Crippen LogP contribution in [0.4, 0.5) is 0 Å². The van der Waals surface area contributed by atoms with Crippen molar-refractivity contribution in [2.24, 2.45) is 5.92 Å². The smallest absolute Gasteiger partial charge is 0.0585 e. The highest BCUT2D eigenvalue weighted by molar-refractivity contribution is 4.70. The molecule has 0 aliphatic heterocycles. The van der Waals surface area contributed by atoms with E-state index in [1.165, 1.54) is 0 Å². The fourth-order valence-corrected chi connectivity index (χ4v) is 1.79. The summed E-state index contributed by atoms with van der Waals surface area (Å²) in [5.74, 6) is 0.709. The first kappa shape index (κ1) is 14.9. The second kappa shape index (κ2) is 8.08. The van der Waals surface area contributed by atoms with Gasteiger partial charge in [0.05, 0.1) is 6.61 Å². The summed E-state index contributed by atoms with van der Waals surface area (Å²) in [4.78, 5) is 2.33. The molecule has 0 aromatic rings. The first-order chi connectivity index (χ1) is 6.95. The fourth-order valence-electron chi connectivity index (χ4n) is 1.79. The number of hydrogen-bond acceptors (Lipinski definition) is 3. The molecule has 15 heavy (non-hydrogen) atoms. The van der Waals surface area contributed by atoms with Crippen molar-refractivity contribution >= 4 is 0 Å². The lowest BCUT2D eigenvalue weighted by atomic mass is 10.1. The van der Waals surface area contributed by atoms with E-state index in [1.54, 1.807) is 0 Å². The van der Waals surface area contributed by atoms with Crippen LogP contribution in [0, 0.1) is 5.92 Å². The van der Waals surface area contributed by atoms with Gasteiger partial charge in [-0.25, -0.2) is 0 Å². The molecule has 0 aromatic heterocycles. The second-order valence-corrected chi connectivity index (χ2v) is 5.15. The minimum atomic E-state index is 0.230. The van der Waals surface area contributed by atoms with E-state index in [-0.39, 0.29) is 12.6 Å². The standard InChI is InChI=1S/C12H28N2O/c1-10(2)8-14(5)7-6-12(9-15)13-11(3)4/h10-13,15H,6-9H2,1-5H3. The minimum absolute atomic E-state index is 0.230. The Bertz CT molecular complexity index is 149. The molecule has 0 spiro atoms. The molecule has 0 fully saturated rings. The molecule has 0 saturated heterocycles. The van der Waals surface area contributed by atoms with Crippen molar-refractivity contribution < 1.29 is 5.11 Å². The maximum atomic E-state index is 9.19. The first-order valence-electron chi connectivity index (χ1n) is 6.01. The summed E-state index contributed by atoms with van der Waals surface area (Å²) in [6, 6.07) is 0.678. The third-order valence-electron chi connectivity index (χ3n) is 2.33. The lowest BCUT2D eigenvalue weighted by Crippen LogP contribution is -2.40. The van der Waals surface area contributed by atoms with Gasteiger partial charge in [0.1, 0.15) is 0 Å². The molecular formula is C12H28N2O. The third kappa shape index (κ3) is 8.85. The van der Waals surface area contributed by atoms with E-state index in [2.05, 4.69) is 45.0 Å². The second-order valence-electron chi connectivity index (χ2n) is 5.15. The van der Waals surface area contributed by atoms with E-state index in [0.29, 0.717) is 12.0 Å². The van der Waals surface area contributed by atoms with E-state index in [4.69, 9.17) is 0 Å². The van der Waals surface area contributed by atoms with E-state index in [1.807, 2.05) is 0 Å². The highest BCUT2D eigenvalue weighted by atomic mass is 16.3. The van der Waals surface area contributed by atoms with Crippen molar-refractivity contribution in [3.8, 4) is 0 Å². The molecule has 0 bridgehead atoms. The molecule has 1 unspecified atom stereocenters. The number of rotatable bonds is 8. The zero-order chi connectivity index (χ0) is 11.8. The van der Waals surface area contributed by atoms with Gasteiger partial charge >= 0.3 is 0 Å². The average molecular weight is 216 g/mol. The summed E-state index contributed by atoms with van der Waals surface area (Å²) in [5, 5.41) is 12.6. The van der Waals surface area contributed by atoms with Gasteiger partial charge in [0.25, 0.3) is 0 Å². The van der Waals surface area contributed by atoms with Gasteiger partial charge < -0.3 is 15.3 Å². The molecular weight excluding hydrogens is 188 g/mol. The van der Waals surface area contributed by atoms with Crippen LogP contribution in [0.1, 0.15) is 34.1 Å². The number of aliphatic hydroxyl groups is 1. The summed E-state index contributed by atoms with van der Waals surface area (Å²) >= 11 is 0. The molecule has 2 N–H and O–H groups in total. The molecule has 0 saturated carbocycles. The molecule has 0 heterocycles. The van der Waals surface area contributed by atoms with Crippen LogP contribution >= 0.6 is 0 Å². The predicted molar refractivity (Wildman–Crippen MR) is 66.1 cm³/mol. The van der Waals surface area contributed by atoms with Crippen LogP contribution in [0.2, 0.25) is 0 Å². The molecule has 3 heteroatoms. The Labute approximate surface area is 94.9 Å². The maximum absolute atomic E-state index is 9.19. The van der Waals surface area contributed by atoms with Gasteiger partial charge in [0, 0.05) is 18.6 Å². The Morgan fingerprint density at radius 2 is 1.80 bits per heavy atom. The van der Waals surface area contributed by atoms with Gasteiger partial charge in [0.15, 0.2) is 0 Å². The van der Waals surface area contributed by atoms with Crippen LogP contribution in [-0.4, -0.2) is 48.8 Å². The lowest BCUT2D eigenvalue weighted by molar-refractivity contribution is 0.206. The number of hydrogen-bond donors (Lipinski definition) is 2. The van der Waals surface area contributed by atoms with Crippen molar-refractivity contribution in [2.75, 3.05) is 26.7 Å². The zero-order valence-electron chi connectivity index (χ0n) is 11.0. The summed E-state index contributed by atoms with van der Waals surface area (Å²) in [6.07, 6.45) is 1.01. The van der Waals surface area contributed by atoms with Gasteiger partial charge in [-0.05, 0) is 25.9 Å². The van der Waals surface area contributed by atoms with Crippen molar-refractivity contribution in [3.05, 3.63) is 0 Å². The average Bonchev–Trinajstić information content (AvgIpc) is 2.10. The molecule has 0 aromatic carbocycles. The van der Waals surface area contributed by atoms with Crippen LogP contribution in [0.3, 0.4) is 0 Å². The molecule has 3 nitrogen and oxygen atoms in total. The Balaban J connectivity index is 3.69. The van der Waals surface area contributed by atoms with Gasteiger partial charge in [-0.3, -0.25) is 0 Å². The highest BCUT2D eigenvalue weighted by Crippen LogP contribution is 2.00. The quantitative estimate of drug-likeness (QED) is 0.642. The Morgan fingerprint density at radius 3 is 2.20 bits per heavy atom. The molecule has 0 amide bonds. The number of nitrogens with zero attached hydrogens (tertiary/aromatic N) is 1. The number of nitrogens with one attached hydrogen (secondary N) is 1. The highest BCUT2D eigenvalue weighted by Gasteiger charge is 2.10. The van der Waals surface area contributed by atoms with E-state index in [0.717, 1.165) is 19.5 Å². The first-order valence-corrected chi connectivity index (χ1v) is 6.01. The SMILES string of the molecule is CC(C)CN(C)CCC(CO)NC(C)C. The van der Waals surface area contributed by atoms with Gasteiger partial charge in [-0.2, -0.15) is 0 Å². The van der Waals surface area contributed by atoms with Gasteiger partial charge in [-0.15, -0.1) is 0 Å². The van der Waals surface area contributed by atoms with E-state index >= 15 is 0 Å². The van der Waals surface area contributed by atoms with Crippen LogP contribution < -0.4 is 5.32 Å². The van der Waals surface area contributed by atoms with Crippen LogP contribution in [0.25, 0.3) is 0 Å². The predicted octanol–water partition coefficient (Wildman–Crippen LogP) is 1.32. The van der Waals surface area contributed by atoms with Crippen molar-refractivity contribution in [3.63, 3.8) is 0 Å². The normalized spacial score (nSPS) is 14.2. The van der Waals surface area contributed by atoms with Crippen LogP contribution in [0.15, 0.2) is 0 Å². The summed E-state index contributed by atoms with van der Waals surface area (Å²) < 4.78 is 0. The fraction of sp³-hybridized carbons (Fsp3) is 1.00. The summed E-state index contributed by atoms with van der Waals surface area (Å²) in [5.41, 5.74) is 0. The van der Waals surface area contributed by atoms with Crippen molar-refractivity contribution in [2.45, 2.75) is 46.2 Å². The molecule has 0 radical (unpaired) electrons. The van der Waals surface area contributed by atoms with Gasteiger partial charge in [-0.1, -0.05) is 27.7 Å². The molecule has 0 aliphatic rings. The van der Waals surface area contributed by atoms with Crippen molar-refractivity contribution in [1.82, 2.24) is 10.2 Å². The molecule has 1 atom stereocenters. The summed E-state index contributed by atoms with van der Waals surface area (Å²) in [7, 11) is 2.14. The third-order valence-corrected chi connectivity index (χ3v) is 2.33. The monoisotopic (exact) mass is 216 g/mol. The largest absolute Gasteiger partial charge is 0.395 e. The Hall–Kier alpha value is -0.120. The van der Waals surface area contributed by atoms with Crippen LogP contribution in [-0.2, 0) is 0 Å². The van der Waals surface area contributed by atoms with E-state index < -0.39 is 0 Å². The minimum Gasteiger partial charge on any atom is -0.395 e. The molecule has 0 aliphatic carbocycles. The van der Waals surface area contributed by atoms with Crippen LogP contribution in [0.5, 0.6) is 0 Å². The Kier molecular flexibility index (Phi) is 8.02. The Morgan fingerprint density at radius 1 is 1.20 bits per heavy atom. The van der Waals surface area contributed by atoms with Crippen molar-refractivity contribution in [1.29, 1.82) is 0 Å². The summed E-state index contributed by atoms with van der Waals surface area (Å²) in [6.45, 7) is 11.1. The van der Waals surface area contributed by atoms with E-state index in [9.17, 15) is 5.11 Å². The lowest BCUT2D eigenvalue weighted by Gasteiger charge is -2.23.